The molecule has 0 aliphatic rings. The van der Waals surface area contributed by atoms with Crippen LogP contribution >= 0.6 is 11.8 Å². The molecule has 0 spiro atoms. The van der Waals surface area contributed by atoms with E-state index in [9.17, 15) is 22.4 Å². The van der Waals surface area contributed by atoms with Crippen LogP contribution in [0.1, 0.15) is 35.5 Å². The number of urea groups is 1. The van der Waals surface area contributed by atoms with Crippen LogP contribution in [-0.4, -0.2) is 20.8 Å². The van der Waals surface area contributed by atoms with Crippen molar-refractivity contribution < 1.29 is 22.4 Å². The van der Waals surface area contributed by atoms with Gasteiger partial charge in [0.2, 0.25) is 0 Å². The quantitative estimate of drug-likeness (QED) is 0.202. The Hall–Kier alpha value is -3.86. The second kappa shape index (κ2) is 11.0. The molecule has 4 aromatic rings. The van der Waals surface area contributed by atoms with Crippen molar-refractivity contribution in [1.29, 1.82) is 0 Å². The molecule has 1 atom stereocenters. The van der Waals surface area contributed by atoms with Crippen molar-refractivity contribution in [2.75, 3.05) is 5.32 Å². The molecule has 2 N–H and O–H groups in total. The molecule has 0 bridgehead atoms. The number of thioether (sulfide) groups is 1. The highest BCUT2D eigenvalue weighted by Crippen LogP contribution is 2.34. The zero-order chi connectivity index (χ0) is 26.6. The van der Waals surface area contributed by atoms with E-state index >= 15 is 0 Å². The van der Waals surface area contributed by atoms with Gasteiger partial charge in [0.15, 0.2) is 11.0 Å². The Morgan fingerprint density at radius 1 is 1.00 bits per heavy atom. The van der Waals surface area contributed by atoms with E-state index in [0.717, 1.165) is 22.9 Å². The number of hydrogen-bond acceptors (Lipinski definition) is 4. The molecule has 3 aromatic carbocycles. The Morgan fingerprint density at radius 3 is 2.35 bits per heavy atom. The zero-order valence-corrected chi connectivity index (χ0v) is 20.7. The number of rotatable bonds is 7. The van der Waals surface area contributed by atoms with Crippen molar-refractivity contribution in [1.82, 2.24) is 20.1 Å². The number of para-hydroxylation sites is 1. The predicted octanol–water partition coefficient (Wildman–Crippen LogP) is 6.91. The molecule has 1 unspecified atom stereocenters. The molecule has 0 saturated heterocycles. The average molecular weight is 530 g/mol. The van der Waals surface area contributed by atoms with E-state index in [1.165, 1.54) is 42.1 Å². The molecule has 0 radical (unpaired) electrons. The monoisotopic (exact) mass is 529 g/mol. The maximum atomic E-state index is 13.3. The lowest BCUT2D eigenvalue weighted by Crippen LogP contribution is -2.33. The van der Waals surface area contributed by atoms with Gasteiger partial charge in [0.1, 0.15) is 5.82 Å². The van der Waals surface area contributed by atoms with Crippen LogP contribution in [0.2, 0.25) is 0 Å². The normalized spacial score (nSPS) is 12.3. The average Bonchev–Trinajstić information content (AvgIpc) is 3.28. The lowest BCUT2D eigenvalue weighted by atomic mass is 10.1. The molecule has 1 heterocycles. The molecule has 0 aliphatic carbocycles. The summed E-state index contributed by atoms with van der Waals surface area (Å²) in [5.74, 6) is 0.570. The number of benzene rings is 3. The summed E-state index contributed by atoms with van der Waals surface area (Å²) in [5.41, 5.74) is 1.40. The Morgan fingerprint density at radius 2 is 1.68 bits per heavy atom. The Kier molecular flexibility index (Phi) is 7.82. The number of halogens is 4. The summed E-state index contributed by atoms with van der Waals surface area (Å²) in [7, 11) is 0. The second-order valence-corrected chi connectivity index (χ2v) is 9.23. The maximum absolute atomic E-state index is 13.3. The van der Waals surface area contributed by atoms with Crippen LogP contribution in [0.5, 0.6) is 0 Å². The summed E-state index contributed by atoms with van der Waals surface area (Å²) in [6.45, 7) is 3.62. The highest BCUT2D eigenvalue weighted by Gasteiger charge is 2.33. The topological polar surface area (TPSA) is 71.8 Å². The number of aromatic nitrogens is 3. The van der Waals surface area contributed by atoms with E-state index in [1.54, 1.807) is 23.6 Å². The lowest BCUT2D eigenvalue weighted by molar-refractivity contribution is -0.136. The van der Waals surface area contributed by atoms with Gasteiger partial charge in [0.25, 0.3) is 0 Å². The van der Waals surface area contributed by atoms with Gasteiger partial charge in [-0.1, -0.05) is 53.7 Å². The Labute approximate surface area is 215 Å². The first-order valence-corrected chi connectivity index (χ1v) is 12.2. The molecule has 0 saturated carbocycles. The van der Waals surface area contributed by atoms with Crippen molar-refractivity contribution in [2.24, 2.45) is 0 Å². The number of aryl methyl sites for hydroxylation is 1. The summed E-state index contributed by atoms with van der Waals surface area (Å²) < 4.78 is 54.9. The summed E-state index contributed by atoms with van der Waals surface area (Å²) in [6, 6.07) is 17.0. The third-order valence-corrected chi connectivity index (χ3v) is 6.45. The number of nitrogens with one attached hydrogen (secondary N) is 2. The fourth-order valence-corrected chi connectivity index (χ4v) is 4.49. The smallest absolute Gasteiger partial charge is 0.328 e. The highest BCUT2D eigenvalue weighted by atomic mass is 32.2. The molecular formula is C26H23F4N5OS. The van der Waals surface area contributed by atoms with Gasteiger partial charge in [-0.05, 0) is 55.8 Å². The molecule has 192 valence electrons. The third kappa shape index (κ3) is 6.48. The Balaban J connectivity index is 1.57. The third-order valence-electron chi connectivity index (χ3n) is 5.45. The van der Waals surface area contributed by atoms with Gasteiger partial charge in [0, 0.05) is 11.4 Å². The van der Waals surface area contributed by atoms with Crippen LogP contribution < -0.4 is 10.6 Å². The van der Waals surface area contributed by atoms with Crippen molar-refractivity contribution in [3.63, 3.8) is 0 Å². The molecule has 1 aromatic heterocycles. The first-order valence-electron chi connectivity index (χ1n) is 11.2. The number of carbonyl (C=O) groups excluding carboxylic acids is 1. The minimum absolute atomic E-state index is 0.324. The van der Waals surface area contributed by atoms with E-state index < -0.39 is 23.8 Å². The van der Waals surface area contributed by atoms with Crippen LogP contribution in [0.25, 0.3) is 5.69 Å². The van der Waals surface area contributed by atoms with Gasteiger partial charge in [-0.2, -0.15) is 13.2 Å². The van der Waals surface area contributed by atoms with Gasteiger partial charge >= 0.3 is 12.2 Å². The molecule has 11 heteroatoms. The van der Waals surface area contributed by atoms with Gasteiger partial charge in [0.05, 0.1) is 17.3 Å². The van der Waals surface area contributed by atoms with Crippen molar-refractivity contribution in [3.8, 4) is 5.69 Å². The summed E-state index contributed by atoms with van der Waals surface area (Å²) in [6.07, 6.45) is -4.61. The van der Waals surface area contributed by atoms with E-state index in [2.05, 4.69) is 20.8 Å². The van der Waals surface area contributed by atoms with E-state index in [4.69, 9.17) is 0 Å². The highest BCUT2D eigenvalue weighted by molar-refractivity contribution is 7.98. The molecule has 0 fully saturated rings. The number of anilines is 1. The number of hydrogen-bond donors (Lipinski definition) is 2. The van der Waals surface area contributed by atoms with Crippen molar-refractivity contribution in [3.05, 3.63) is 101 Å². The second-order valence-electron chi connectivity index (χ2n) is 8.29. The minimum Gasteiger partial charge on any atom is -0.328 e. The molecule has 0 aliphatic heterocycles. The first kappa shape index (κ1) is 26.2. The van der Waals surface area contributed by atoms with Crippen LogP contribution in [0.4, 0.5) is 28.0 Å². The SMILES string of the molecule is Cc1ccc(-n2c(SCc3ccc(F)cc3)nnc2C(C)NC(=O)Nc2ccccc2C(F)(F)F)cc1. The van der Waals surface area contributed by atoms with E-state index in [-0.39, 0.29) is 11.5 Å². The fourth-order valence-electron chi connectivity index (χ4n) is 3.58. The van der Waals surface area contributed by atoms with E-state index in [0.29, 0.717) is 16.7 Å². The Bertz CT molecular complexity index is 1370. The number of nitrogens with zero attached hydrogens (tertiary/aromatic N) is 3. The lowest BCUT2D eigenvalue weighted by Gasteiger charge is -2.18. The van der Waals surface area contributed by atoms with E-state index in [1.807, 2.05) is 31.2 Å². The molecule has 2 amide bonds. The molecule has 37 heavy (non-hydrogen) atoms. The molecule has 6 nitrogen and oxygen atoms in total. The minimum atomic E-state index is -4.61. The summed E-state index contributed by atoms with van der Waals surface area (Å²) in [4.78, 5) is 12.6. The van der Waals surface area contributed by atoms with Crippen LogP contribution in [-0.2, 0) is 11.9 Å². The number of amides is 2. The molecular weight excluding hydrogens is 506 g/mol. The molecule has 4 rings (SSSR count). The van der Waals surface area contributed by atoms with Gasteiger partial charge in [-0.15, -0.1) is 10.2 Å². The van der Waals surface area contributed by atoms with Gasteiger partial charge in [-0.3, -0.25) is 4.57 Å². The fraction of sp³-hybridized carbons (Fsp3) is 0.192. The summed E-state index contributed by atoms with van der Waals surface area (Å²) >= 11 is 1.38. The summed E-state index contributed by atoms with van der Waals surface area (Å²) in [5, 5.41) is 14.0. The first-order chi connectivity index (χ1) is 17.6. The number of alkyl halides is 3. The maximum Gasteiger partial charge on any atom is 0.418 e. The van der Waals surface area contributed by atoms with Crippen molar-refractivity contribution >= 4 is 23.5 Å². The number of carbonyl (C=O) groups is 1. The predicted molar refractivity (Wildman–Crippen MR) is 134 cm³/mol. The van der Waals surface area contributed by atoms with Crippen LogP contribution in [0, 0.1) is 12.7 Å². The van der Waals surface area contributed by atoms with Crippen LogP contribution in [0.3, 0.4) is 0 Å². The van der Waals surface area contributed by atoms with Crippen LogP contribution in [0.15, 0.2) is 78.0 Å². The van der Waals surface area contributed by atoms with Gasteiger partial charge in [-0.25, -0.2) is 9.18 Å². The van der Waals surface area contributed by atoms with Gasteiger partial charge < -0.3 is 10.6 Å². The largest absolute Gasteiger partial charge is 0.418 e. The van der Waals surface area contributed by atoms with Crippen molar-refractivity contribution in [2.45, 2.75) is 37.0 Å². The standard InChI is InChI=1S/C26H23F4N5OS/c1-16-7-13-20(14-8-16)35-23(33-34-25(35)37-15-18-9-11-19(27)12-10-18)17(2)31-24(36)32-22-6-4-3-5-21(22)26(28,29)30/h3-14,17H,15H2,1-2H3,(H2,31,32,36). The zero-order valence-electron chi connectivity index (χ0n) is 19.9.